The Morgan fingerprint density at radius 1 is 1.50 bits per heavy atom. The van der Waals surface area contributed by atoms with E-state index in [0.717, 1.165) is 6.07 Å². The van der Waals surface area contributed by atoms with Crippen molar-refractivity contribution in [2.24, 2.45) is 10.8 Å². The maximum absolute atomic E-state index is 13.9. The normalized spacial score (nSPS) is 11.5. The monoisotopic (exact) mass is 398 g/mol. The van der Waals surface area contributed by atoms with Crippen LogP contribution in [-0.4, -0.2) is 28.0 Å². The minimum absolute atomic E-state index is 0.00700. The Labute approximate surface area is 158 Å². The summed E-state index contributed by atoms with van der Waals surface area (Å²) < 4.78 is 20.3. The molecule has 0 radical (unpaired) electrons. The zero-order valence-corrected chi connectivity index (χ0v) is 15.6. The van der Waals surface area contributed by atoms with Crippen LogP contribution in [0, 0.1) is 5.82 Å². The van der Waals surface area contributed by atoms with Crippen molar-refractivity contribution in [3.8, 4) is 0 Å². The summed E-state index contributed by atoms with van der Waals surface area (Å²) in [6.07, 6.45) is 1.33. The number of carbonyl (C=O) groups is 1. The summed E-state index contributed by atoms with van der Waals surface area (Å²) in [7, 11) is 0. The number of carbonyl (C=O) groups excluding carboxylic acids is 1. The average Bonchev–Trinajstić information content (AvgIpc) is 2.57. The number of fused-ring (bicyclic) bond motifs is 1. The SMILES string of the molecule is CCOC(=O)c1cn(C/C(C)=N/NC(N)=S)c2cc(Cl)c(F)cc2c1=O. The quantitative estimate of drug-likeness (QED) is 0.346. The first-order chi connectivity index (χ1) is 12.2. The Balaban J connectivity index is 2.66. The molecule has 26 heavy (non-hydrogen) atoms. The number of hydrogen-bond donors (Lipinski definition) is 2. The molecule has 1 aromatic carbocycles. The molecule has 0 aliphatic rings. The van der Waals surface area contributed by atoms with Crippen molar-refractivity contribution in [3.05, 3.63) is 45.0 Å². The van der Waals surface area contributed by atoms with Gasteiger partial charge in [-0.15, -0.1) is 0 Å². The molecule has 0 atom stereocenters. The number of hydrogen-bond acceptors (Lipinski definition) is 5. The van der Waals surface area contributed by atoms with Crippen LogP contribution in [0.4, 0.5) is 4.39 Å². The van der Waals surface area contributed by atoms with E-state index in [1.54, 1.807) is 18.4 Å². The number of halogens is 2. The van der Waals surface area contributed by atoms with E-state index in [0.29, 0.717) is 11.2 Å². The van der Waals surface area contributed by atoms with Gasteiger partial charge in [0.1, 0.15) is 11.4 Å². The van der Waals surface area contributed by atoms with Gasteiger partial charge in [-0.25, -0.2) is 9.18 Å². The van der Waals surface area contributed by atoms with Crippen molar-refractivity contribution in [3.63, 3.8) is 0 Å². The number of hydrazone groups is 1. The van der Waals surface area contributed by atoms with Crippen molar-refractivity contribution < 1.29 is 13.9 Å². The number of esters is 1. The number of aromatic nitrogens is 1. The fourth-order valence-corrected chi connectivity index (χ4v) is 2.51. The summed E-state index contributed by atoms with van der Waals surface area (Å²) in [4.78, 5) is 24.6. The van der Waals surface area contributed by atoms with Crippen molar-refractivity contribution in [2.75, 3.05) is 6.61 Å². The third kappa shape index (κ3) is 4.36. The number of benzene rings is 1. The van der Waals surface area contributed by atoms with Crippen molar-refractivity contribution in [1.29, 1.82) is 0 Å². The van der Waals surface area contributed by atoms with E-state index in [2.05, 4.69) is 22.7 Å². The maximum atomic E-state index is 13.9. The summed E-state index contributed by atoms with van der Waals surface area (Å²) in [6, 6.07) is 2.32. The van der Waals surface area contributed by atoms with Crippen LogP contribution in [0.25, 0.3) is 10.9 Å². The molecule has 10 heteroatoms. The van der Waals surface area contributed by atoms with E-state index >= 15 is 0 Å². The first-order valence-corrected chi connectivity index (χ1v) is 8.31. The fraction of sp³-hybridized carbons (Fsp3) is 0.250. The lowest BCUT2D eigenvalue weighted by Crippen LogP contribution is -2.26. The lowest BCUT2D eigenvalue weighted by Gasteiger charge is -2.14. The maximum Gasteiger partial charge on any atom is 0.343 e. The van der Waals surface area contributed by atoms with Gasteiger partial charge in [0.05, 0.1) is 29.4 Å². The summed E-state index contributed by atoms with van der Waals surface area (Å²) in [5, 5.41) is 3.83. The molecule has 7 nitrogen and oxygen atoms in total. The molecular weight excluding hydrogens is 383 g/mol. The predicted molar refractivity (Wildman–Crippen MR) is 102 cm³/mol. The van der Waals surface area contributed by atoms with Gasteiger partial charge in [-0.2, -0.15) is 5.10 Å². The fourth-order valence-electron chi connectivity index (χ4n) is 2.30. The van der Waals surface area contributed by atoms with Crippen LogP contribution < -0.4 is 16.6 Å². The van der Waals surface area contributed by atoms with Crippen molar-refractivity contribution in [1.82, 2.24) is 9.99 Å². The van der Waals surface area contributed by atoms with E-state index in [4.69, 9.17) is 22.1 Å². The highest BCUT2D eigenvalue weighted by atomic mass is 35.5. The molecule has 0 aliphatic carbocycles. The van der Waals surface area contributed by atoms with Crippen LogP contribution in [0.3, 0.4) is 0 Å². The molecule has 0 saturated carbocycles. The van der Waals surface area contributed by atoms with Crippen LogP contribution in [0.5, 0.6) is 0 Å². The second-order valence-corrected chi connectivity index (χ2v) is 6.17. The topological polar surface area (TPSA) is 98.7 Å². The summed E-state index contributed by atoms with van der Waals surface area (Å²) in [6.45, 7) is 3.57. The average molecular weight is 399 g/mol. The standard InChI is InChI=1S/C16H16ClFN4O3S/c1-3-25-15(24)10-7-22(6-8(2)20-21-16(19)26)13-5-11(17)12(18)4-9(13)14(10)23/h4-5,7H,3,6H2,1-2H3,(H3,19,21,26)/b20-8+. The van der Waals surface area contributed by atoms with Gasteiger partial charge in [0, 0.05) is 11.6 Å². The zero-order valence-electron chi connectivity index (χ0n) is 14.0. The van der Waals surface area contributed by atoms with E-state index in [9.17, 15) is 14.0 Å². The van der Waals surface area contributed by atoms with Gasteiger partial charge in [0.2, 0.25) is 5.43 Å². The molecule has 0 saturated heterocycles. The lowest BCUT2D eigenvalue weighted by molar-refractivity contribution is 0.0524. The highest BCUT2D eigenvalue weighted by Crippen LogP contribution is 2.22. The molecule has 0 amide bonds. The largest absolute Gasteiger partial charge is 0.462 e. The van der Waals surface area contributed by atoms with Crippen LogP contribution in [-0.2, 0) is 11.3 Å². The molecule has 0 spiro atoms. The molecule has 0 aliphatic heterocycles. The number of nitrogens with one attached hydrogen (secondary N) is 1. The Hall–Kier alpha value is -2.52. The van der Waals surface area contributed by atoms with Crippen molar-refractivity contribution >= 4 is 51.5 Å². The van der Waals surface area contributed by atoms with Crippen LogP contribution in [0.15, 0.2) is 28.2 Å². The van der Waals surface area contributed by atoms with E-state index < -0.39 is 17.2 Å². The Morgan fingerprint density at radius 2 is 2.19 bits per heavy atom. The van der Waals surface area contributed by atoms with Gasteiger partial charge in [0.15, 0.2) is 5.11 Å². The molecule has 1 heterocycles. The number of ether oxygens (including phenoxy) is 1. The molecule has 0 bridgehead atoms. The highest BCUT2D eigenvalue weighted by molar-refractivity contribution is 7.80. The zero-order chi connectivity index (χ0) is 19.4. The molecule has 1 aromatic heterocycles. The van der Waals surface area contributed by atoms with Gasteiger partial charge in [0.25, 0.3) is 0 Å². The Morgan fingerprint density at radius 3 is 2.81 bits per heavy atom. The van der Waals surface area contributed by atoms with Gasteiger partial charge >= 0.3 is 5.97 Å². The summed E-state index contributed by atoms with van der Waals surface area (Å²) in [5.41, 5.74) is 7.81. The number of nitrogens with zero attached hydrogens (tertiary/aromatic N) is 2. The second-order valence-electron chi connectivity index (χ2n) is 5.33. The van der Waals surface area contributed by atoms with Gasteiger partial charge in [-0.05, 0) is 38.2 Å². The van der Waals surface area contributed by atoms with E-state index in [1.807, 2.05) is 0 Å². The Bertz CT molecular complexity index is 974. The summed E-state index contributed by atoms with van der Waals surface area (Å²) >= 11 is 10.5. The molecule has 3 N–H and O–H groups in total. The van der Waals surface area contributed by atoms with Gasteiger partial charge < -0.3 is 15.0 Å². The van der Waals surface area contributed by atoms with Crippen LogP contribution in [0.1, 0.15) is 24.2 Å². The summed E-state index contributed by atoms with van der Waals surface area (Å²) in [5.74, 6) is -1.55. The molecule has 138 valence electrons. The second kappa shape index (κ2) is 8.24. The first kappa shape index (κ1) is 19.8. The van der Waals surface area contributed by atoms with Crippen LogP contribution in [0.2, 0.25) is 5.02 Å². The van der Waals surface area contributed by atoms with Gasteiger partial charge in [-0.1, -0.05) is 11.6 Å². The molecule has 0 fully saturated rings. The van der Waals surface area contributed by atoms with Crippen molar-refractivity contribution in [2.45, 2.75) is 20.4 Å². The highest BCUT2D eigenvalue weighted by Gasteiger charge is 2.18. The number of rotatable bonds is 5. The predicted octanol–water partition coefficient (Wildman–Crippen LogP) is 2.18. The third-order valence-corrected chi connectivity index (χ3v) is 3.75. The third-order valence-electron chi connectivity index (χ3n) is 3.37. The van der Waals surface area contributed by atoms with Gasteiger partial charge in [-0.3, -0.25) is 10.2 Å². The van der Waals surface area contributed by atoms with E-state index in [1.165, 1.54) is 12.3 Å². The lowest BCUT2D eigenvalue weighted by atomic mass is 10.1. The first-order valence-electron chi connectivity index (χ1n) is 7.52. The minimum atomic E-state index is -0.792. The number of pyridine rings is 1. The van der Waals surface area contributed by atoms with E-state index in [-0.39, 0.29) is 34.2 Å². The minimum Gasteiger partial charge on any atom is -0.462 e. The molecule has 2 rings (SSSR count). The molecular formula is C16H16ClFN4O3S. The smallest absolute Gasteiger partial charge is 0.343 e. The Kier molecular flexibility index (Phi) is 6.27. The number of nitrogens with two attached hydrogens (primary N) is 1. The molecule has 2 aromatic rings. The van der Waals surface area contributed by atoms with Crippen LogP contribution >= 0.6 is 23.8 Å². The number of thiocarbonyl (C=S) groups is 1. The molecule has 0 unspecified atom stereocenters.